The monoisotopic (exact) mass is 497 g/mol. The topological polar surface area (TPSA) is 143 Å². The zero-order chi connectivity index (χ0) is 24.4. The van der Waals surface area contributed by atoms with Crippen molar-refractivity contribution in [3.8, 4) is 22.8 Å². The molecule has 5 rings (SSSR count). The fourth-order valence-corrected chi connectivity index (χ4v) is 5.75. The van der Waals surface area contributed by atoms with E-state index in [-0.39, 0.29) is 17.1 Å². The zero-order valence-electron chi connectivity index (χ0n) is 18.6. The summed E-state index contributed by atoms with van der Waals surface area (Å²) in [4.78, 5) is 25.3. The zero-order valence-corrected chi connectivity index (χ0v) is 19.4. The molecule has 12 heteroatoms. The van der Waals surface area contributed by atoms with Crippen molar-refractivity contribution in [1.82, 2.24) is 25.4 Å². The van der Waals surface area contributed by atoms with Gasteiger partial charge in [0.05, 0.1) is 10.6 Å². The first kappa shape index (κ1) is 22.9. The minimum atomic E-state index is -3.98. The largest absolute Gasteiger partial charge is 0.486 e. The number of amides is 2. The van der Waals surface area contributed by atoms with Gasteiger partial charge in [0, 0.05) is 18.2 Å². The molecule has 35 heavy (non-hydrogen) atoms. The molecular weight excluding hydrogens is 474 g/mol. The predicted octanol–water partition coefficient (Wildman–Crippen LogP) is 1.46. The van der Waals surface area contributed by atoms with Crippen molar-refractivity contribution in [1.29, 1.82) is 0 Å². The van der Waals surface area contributed by atoms with Crippen molar-refractivity contribution in [3.63, 3.8) is 0 Å². The Labute approximate surface area is 201 Å². The number of hydrogen-bond acceptors (Lipinski definition) is 7. The summed E-state index contributed by atoms with van der Waals surface area (Å²) in [5.74, 6) is -0.408. The molecule has 0 aliphatic carbocycles. The molecule has 0 radical (unpaired) electrons. The van der Waals surface area contributed by atoms with Crippen LogP contribution in [0.4, 0.5) is 0 Å². The summed E-state index contributed by atoms with van der Waals surface area (Å²) in [5, 5.41) is 6.75. The lowest BCUT2D eigenvalue weighted by Gasteiger charge is -2.24. The number of hydrogen-bond donors (Lipinski definition) is 3. The Balaban J connectivity index is 1.25. The molecule has 1 atom stereocenters. The highest BCUT2D eigenvalue weighted by molar-refractivity contribution is 7.89. The van der Waals surface area contributed by atoms with Crippen molar-refractivity contribution in [2.45, 2.75) is 23.8 Å². The van der Waals surface area contributed by atoms with Gasteiger partial charge < -0.3 is 9.47 Å². The van der Waals surface area contributed by atoms with Gasteiger partial charge in [0.2, 0.25) is 10.0 Å². The van der Waals surface area contributed by atoms with Crippen LogP contribution in [0.1, 0.15) is 23.3 Å². The van der Waals surface area contributed by atoms with Crippen LogP contribution in [0.25, 0.3) is 11.3 Å². The van der Waals surface area contributed by atoms with Crippen LogP contribution in [0, 0.1) is 0 Å². The Bertz CT molecular complexity index is 1360. The molecule has 0 saturated carbocycles. The molecule has 1 fully saturated rings. The predicted molar refractivity (Wildman–Crippen MR) is 124 cm³/mol. The van der Waals surface area contributed by atoms with E-state index in [1.165, 1.54) is 12.1 Å². The maximum atomic E-state index is 13.3. The van der Waals surface area contributed by atoms with E-state index in [9.17, 15) is 18.0 Å². The third kappa shape index (κ3) is 4.57. The highest BCUT2D eigenvalue weighted by atomic mass is 32.2. The Morgan fingerprint density at radius 1 is 1.00 bits per heavy atom. The Kier molecular flexibility index (Phi) is 6.14. The fourth-order valence-electron chi connectivity index (χ4n) is 4.07. The summed E-state index contributed by atoms with van der Waals surface area (Å²) in [5.41, 5.74) is 6.22. The van der Waals surface area contributed by atoms with Gasteiger partial charge in [-0.15, -0.1) is 0 Å². The summed E-state index contributed by atoms with van der Waals surface area (Å²) in [6.45, 7) is 0.906. The van der Waals surface area contributed by atoms with E-state index in [0.717, 1.165) is 9.87 Å². The van der Waals surface area contributed by atoms with Gasteiger partial charge in [-0.25, -0.2) is 8.42 Å². The van der Waals surface area contributed by atoms with Crippen LogP contribution < -0.4 is 20.3 Å². The van der Waals surface area contributed by atoms with Gasteiger partial charge in [-0.3, -0.25) is 25.5 Å². The lowest BCUT2D eigenvalue weighted by Crippen LogP contribution is -2.51. The number of H-pyrrole nitrogens is 1. The lowest BCUT2D eigenvalue weighted by molar-refractivity contribution is -0.125. The van der Waals surface area contributed by atoms with Gasteiger partial charge in [0.1, 0.15) is 24.9 Å². The first-order chi connectivity index (χ1) is 16.9. The smallest absolute Gasteiger partial charge is 0.287 e. The summed E-state index contributed by atoms with van der Waals surface area (Å²) in [6.07, 6.45) is 0.838. The van der Waals surface area contributed by atoms with Crippen molar-refractivity contribution >= 4 is 21.8 Å². The van der Waals surface area contributed by atoms with E-state index in [2.05, 4.69) is 21.0 Å². The highest BCUT2D eigenvalue weighted by Gasteiger charge is 2.40. The number of benzene rings is 2. The molecular formula is C23H23N5O6S. The quantitative estimate of drug-likeness (QED) is 0.453. The average molecular weight is 498 g/mol. The minimum absolute atomic E-state index is 0.0105. The molecule has 3 N–H and O–H groups in total. The number of nitrogens with zero attached hydrogens (tertiary/aromatic N) is 2. The van der Waals surface area contributed by atoms with Gasteiger partial charge in [-0.05, 0) is 31.0 Å². The Morgan fingerprint density at radius 3 is 2.57 bits per heavy atom. The molecule has 1 aromatic heterocycles. The molecule has 1 unspecified atom stereocenters. The van der Waals surface area contributed by atoms with Gasteiger partial charge in [0.15, 0.2) is 11.5 Å². The van der Waals surface area contributed by atoms with Crippen LogP contribution in [0.15, 0.2) is 59.5 Å². The van der Waals surface area contributed by atoms with Crippen LogP contribution in [0.2, 0.25) is 0 Å². The highest BCUT2D eigenvalue weighted by Crippen LogP contribution is 2.34. The standard InChI is InChI=1S/C23H23N5O6S/c29-22(18-14-17(24-25-18)15-5-2-1-3-6-15)26-27-23(30)19-7-4-10-28(19)35(31,32)16-8-9-20-21(13-16)34-12-11-33-20/h1-3,5-6,8-9,13-14,19H,4,7,10-12H2,(H,24,25)(H,26,29)(H,27,30). The molecule has 2 aliphatic heterocycles. The number of carbonyl (C=O) groups excluding carboxylic acids is 2. The van der Waals surface area contributed by atoms with Crippen molar-refractivity contribution in [2.75, 3.05) is 19.8 Å². The number of ether oxygens (including phenoxy) is 2. The van der Waals surface area contributed by atoms with Crippen LogP contribution in [0.5, 0.6) is 11.5 Å². The van der Waals surface area contributed by atoms with E-state index in [0.29, 0.717) is 43.2 Å². The number of rotatable bonds is 5. The van der Waals surface area contributed by atoms with Gasteiger partial charge in [-0.1, -0.05) is 30.3 Å². The number of fused-ring (bicyclic) bond motifs is 1. The van der Waals surface area contributed by atoms with E-state index >= 15 is 0 Å². The third-order valence-corrected chi connectivity index (χ3v) is 7.72. The normalized spacial score (nSPS) is 17.7. The number of hydrazine groups is 1. The van der Waals surface area contributed by atoms with Crippen molar-refractivity contribution in [2.24, 2.45) is 0 Å². The molecule has 3 aromatic rings. The molecule has 182 valence electrons. The molecule has 2 amide bonds. The fraction of sp³-hybridized carbons (Fsp3) is 0.261. The second-order valence-electron chi connectivity index (χ2n) is 8.06. The molecule has 2 aromatic carbocycles. The third-order valence-electron chi connectivity index (χ3n) is 5.82. The SMILES string of the molecule is O=C(NNC(=O)C1CCCN1S(=O)(=O)c1ccc2c(c1)OCCO2)c1cc(-c2ccccc2)n[nH]1. The summed E-state index contributed by atoms with van der Waals surface area (Å²) < 4.78 is 38.6. The van der Waals surface area contributed by atoms with Gasteiger partial charge in [-0.2, -0.15) is 9.40 Å². The van der Waals surface area contributed by atoms with Crippen molar-refractivity contribution < 1.29 is 27.5 Å². The number of sulfonamides is 1. The number of aromatic amines is 1. The van der Waals surface area contributed by atoms with E-state index in [1.54, 1.807) is 12.1 Å². The molecule has 0 bridgehead atoms. The molecule has 0 spiro atoms. The number of aromatic nitrogens is 2. The van der Waals surface area contributed by atoms with Crippen LogP contribution in [0.3, 0.4) is 0 Å². The van der Waals surface area contributed by atoms with Crippen LogP contribution in [-0.2, 0) is 14.8 Å². The van der Waals surface area contributed by atoms with Gasteiger partial charge >= 0.3 is 0 Å². The van der Waals surface area contributed by atoms with E-state index < -0.39 is 27.9 Å². The molecule has 11 nitrogen and oxygen atoms in total. The first-order valence-corrected chi connectivity index (χ1v) is 12.5. The number of carbonyl (C=O) groups is 2. The molecule has 2 aliphatic rings. The Hall–Kier alpha value is -3.90. The molecule has 1 saturated heterocycles. The number of nitrogens with one attached hydrogen (secondary N) is 3. The summed E-state index contributed by atoms with van der Waals surface area (Å²) in [6, 6.07) is 14.3. The molecule has 3 heterocycles. The second-order valence-corrected chi connectivity index (χ2v) is 9.95. The second kappa shape index (κ2) is 9.39. The lowest BCUT2D eigenvalue weighted by atomic mass is 10.1. The van der Waals surface area contributed by atoms with Gasteiger partial charge in [0.25, 0.3) is 11.8 Å². The van der Waals surface area contributed by atoms with E-state index in [1.807, 2.05) is 30.3 Å². The Morgan fingerprint density at radius 2 is 1.77 bits per heavy atom. The maximum absolute atomic E-state index is 13.3. The first-order valence-electron chi connectivity index (χ1n) is 11.1. The van der Waals surface area contributed by atoms with E-state index in [4.69, 9.17) is 9.47 Å². The van der Waals surface area contributed by atoms with Crippen LogP contribution in [-0.4, -0.2) is 60.5 Å². The summed E-state index contributed by atoms with van der Waals surface area (Å²) >= 11 is 0. The van der Waals surface area contributed by atoms with Crippen molar-refractivity contribution in [3.05, 3.63) is 60.3 Å². The average Bonchev–Trinajstić information content (AvgIpc) is 3.58. The van der Waals surface area contributed by atoms with Crippen LogP contribution >= 0.6 is 0 Å². The maximum Gasteiger partial charge on any atom is 0.287 e. The minimum Gasteiger partial charge on any atom is -0.486 e. The summed E-state index contributed by atoms with van der Waals surface area (Å²) in [7, 11) is -3.98.